The van der Waals surface area contributed by atoms with E-state index in [0.717, 1.165) is 34.7 Å². The first kappa shape index (κ1) is 21.3. The number of nitrogens with one attached hydrogen (secondary N) is 1. The molecular weight excluding hydrogens is 473 g/mol. The maximum Gasteiger partial charge on any atom is 0.194 e. The normalized spacial score (nSPS) is 11.1. The highest BCUT2D eigenvalue weighted by molar-refractivity contribution is 14.0. The molecule has 0 unspecified atom stereocenters. The van der Waals surface area contributed by atoms with Crippen LogP contribution in [0.5, 0.6) is 0 Å². The molecule has 0 bridgehead atoms. The Labute approximate surface area is 180 Å². The summed E-state index contributed by atoms with van der Waals surface area (Å²) in [5, 5.41) is 14.7. The van der Waals surface area contributed by atoms with Gasteiger partial charge in [-0.2, -0.15) is 0 Å². The second-order valence-electron chi connectivity index (χ2n) is 5.84. The van der Waals surface area contributed by atoms with E-state index in [1.54, 1.807) is 17.7 Å². The molecule has 0 fully saturated rings. The fourth-order valence-corrected chi connectivity index (χ4v) is 3.19. The average Bonchev–Trinajstić information content (AvgIpc) is 3.28. The van der Waals surface area contributed by atoms with Gasteiger partial charge in [-0.3, -0.25) is 4.57 Å². The van der Waals surface area contributed by atoms with Crippen LogP contribution in [0.15, 0.2) is 47.0 Å². The smallest absolute Gasteiger partial charge is 0.194 e. The summed E-state index contributed by atoms with van der Waals surface area (Å²) in [6, 6.07) is 10.0. The second kappa shape index (κ2) is 10.4. The van der Waals surface area contributed by atoms with E-state index >= 15 is 0 Å². The van der Waals surface area contributed by atoms with Crippen molar-refractivity contribution in [2.24, 2.45) is 4.99 Å². The van der Waals surface area contributed by atoms with Crippen molar-refractivity contribution in [2.75, 3.05) is 13.6 Å². The summed E-state index contributed by atoms with van der Waals surface area (Å²) in [6.45, 7) is 6.02. The fourth-order valence-electron chi connectivity index (χ4n) is 2.59. The molecule has 27 heavy (non-hydrogen) atoms. The van der Waals surface area contributed by atoms with Crippen molar-refractivity contribution < 1.29 is 0 Å². The van der Waals surface area contributed by atoms with Gasteiger partial charge in [-0.05, 0) is 26.0 Å². The van der Waals surface area contributed by atoms with Gasteiger partial charge >= 0.3 is 0 Å². The van der Waals surface area contributed by atoms with Crippen LogP contribution in [0.1, 0.15) is 23.4 Å². The number of hydrogen-bond acceptors (Lipinski definition) is 5. The van der Waals surface area contributed by atoms with Crippen LogP contribution < -0.4 is 5.32 Å². The quantitative estimate of drug-likeness (QED) is 0.322. The summed E-state index contributed by atoms with van der Waals surface area (Å²) in [7, 11) is 2.01. The van der Waals surface area contributed by atoms with Gasteiger partial charge in [0.2, 0.25) is 0 Å². The Balaban J connectivity index is 0.00000261. The molecule has 9 heteroatoms. The molecule has 3 rings (SSSR count). The van der Waals surface area contributed by atoms with Gasteiger partial charge in [0.05, 0.1) is 17.2 Å². The summed E-state index contributed by atoms with van der Waals surface area (Å²) >= 11 is 1.66. The molecule has 1 N–H and O–H groups in total. The molecule has 144 valence electrons. The summed E-state index contributed by atoms with van der Waals surface area (Å²) in [5.74, 6) is 1.62. The second-order valence-corrected chi connectivity index (χ2v) is 6.90. The predicted octanol–water partition coefficient (Wildman–Crippen LogP) is 3.25. The van der Waals surface area contributed by atoms with E-state index in [9.17, 15) is 0 Å². The number of hydrogen-bond donors (Lipinski definition) is 1. The van der Waals surface area contributed by atoms with Crippen molar-refractivity contribution in [1.82, 2.24) is 30.0 Å². The van der Waals surface area contributed by atoms with Crippen LogP contribution in [0.4, 0.5) is 0 Å². The Morgan fingerprint density at radius 1 is 1.30 bits per heavy atom. The molecule has 0 radical (unpaired) electrons. The molecule has 0 amide bonds. The van der Waals surface area contributed by atoms with E-state index in [0.29, 0.717) is 13.1 Å². The molecule has 0 saturated heterocycles. The number of rotatable bonds is 6. The van der Waals surface area contributed by atoms with Crippen molar-refractivity contribution in [2.45, 2.75) is 26.9 Å². The van der Waals surface area contributed by atoms with E-state index in [-0.39, 0.29) is 24.0 Å². The van der Waals surface area contributed by atoms with Crippen LogP contribution in [-0.4, -0.2) is 44.2 Å². The van der Waals surface area contributed by atoms with Crippen LogP contribution >= 0.6 is 35.3 Å². The van der Waals surface area contributed by atoms with Crippen LogP contribution in [0.3, 0.4) is 0 Å². The summed E-state index contributed by atoms with van der Waals surface area (Å²) in [4.78, 5) is 11.3. The number of aryl methyl sites for hydroxylation is 1. The number of nitrogens with zero attached hydrogens (tertiary/aromatic N) is 6. The Bertz CT molecular complexity index is 859. The standard InChI is InChI=1S/C18H23N7S.HI/c1-4-19-18(24(3)11-15-12-26-14(2)22-15)20-10-17-23-21-13-25(17)16-8-6-5-7-9-16;/h5-9,12-13H,4,10-11H2,1-3H3,(H,19,20);1H. The zero-order chi connectivity index (χ0) is 18.4. The lowest BCUT2D eigenvalue weighted by Gasteiger charge is -2.21. The van der Waals surface area contributed by atoms with Gasteiger partial charge in [0.1, 0.15) is 12.9 Å². The van der Waals surface area contributed by atoms with Crippen molar-refractivity contribution in [3.05, 3.63) is 58.6 Å². The van der Waals surface area contributed by atoms with E-state index < -0.39 is 0 Å². The van der Waals surface area contributed by atoms with Gasteiger partial charge in [0, 0.05) is 24.7 Å². The van der Waals surface area contributed by atoms with E-state index in [2.05, 4.69) is 37.7 Å². The van der Waals surface area contributed by atoms with Gasteiger partial charge < -0.3 is 10.2 Å². The molecule has 7 nitrogen and oxygen atoms in total. The van der Waals surface area contributed by atoms with Crippen LogP contribution in [0.2, 0.25) is 0 Å². The van der Waals surface area contributed by atoms with Gasteiger partial charge in [0.15, 0.2) is 11.8 Å². The fraction of sp³-hybridized carbons (Fsp3) is 0.333. The zero-order valence-corrected chi connectivity index (χ0v) is 18.8. The molecule has 0 spiro atoms. The average molecular weight is 497 g/mol. The molecule has 0 aliphatic rings. The molecule has 3 aromatic rings. The highest BCUT2D eigenvalue weighted by atomic mass is 127. The Hall–Kier alpha value is -2.01. The van der Waals surface area contributed by atoms with Crippen LogP contribution in [-0.2, 0) is 13.1 Å². The topological polar surface area (TPSA) is 71.2 Å². The first-order chi connectivity index (χ1) is 12.7. The minimum Gasteiger partial charge on any atom is -0.357 e. The number of aliphatic imine (C=N–C) groups is 1. The third kappa shape index (κ3) is 5.73. The molecule has 0 saturated carbocycles. The van der Waals surface area contributed by atoms with Crippen molar-refractivity contribution in [1.29, 1.82) is 0 Å². The first-order valence-corrected chi connectivity index (χ1v) is 9.40. The van der Waals surface area contributed by atoms with E-state index in [1.165, 1.54) is 0 Å². The van der Waals surface area contributed by atoms with Gasteiger partial charge in [-0.25, -0.2) is 9.98 Å². The number of guanidine groups is 1. The van der Waals surface area contributed by atoms with Crippen molar-refractivity contribution >= 4 is 41.3 Å². The maximum atomic E-state index is 4.73. The lowest BCUT2D eigenvalue weighted by atomic mass is 10.3. The number of halogens is 1. The van der Waals surface area contributed by atoms with Crippen molar-refractivity contribution in [3.8, 4) is 5.69 Å². The molecule has 0 atom stereocenters. The Morgan fingerprint density at radius 3 is 2.74 bits per heavy atom. The van der Waals surface area contributed by atoms with E-state index in [1.807, 2.05) is 48.9 Å². The molecule has 2 aromatic heterocycles. The third-order valence-electron chi connectivity index (χ3n) is 3.79. The number of benzene rings is 1. The minimum atomic E-state index is 0. The lowest BCUT2D eigenvalue weighted by molar-refractivity contribution is 0.470. The summed E-state index contributed by atoms with van der Waals surface area (Å²) < 4.78 is 1.96. The van der Waals surface area contributed by atoms with E-state index in [4.69, 9.17) is 4.99 Å². The molecular formula is C18H24IN7S. The van der Waals surface area contributed by atoms with Gasteiger partial charge in [0.25, 0.3) is 0 Å². The maximum absolute atomic E-state index is 4.73. The lowest BCUT2D eigenvalue weighted by Crippen LogP contribution is -2.38. The largest absolute Gasteiger partial charge is 0.357 e. The van der Waals surface area contributed by atoms with Crippen LogP contribution in [0, 0.1) is 6.92 Å². The summed E-state index contributed by atoms with van der Waals surface area (Å²) in [5.41, 5.74) is 2.08. The summed E-state index contributed by atoms with van der Waals surface area (Å²) in [6.07, 6.45) is 1.72. The highest BCUT2D eigenvalue weighted by Gasteiger charge is 2.10. The van der Waals surface area contributed by atoms with Gasteiger partial charge in [-0.15, -0.1) is 45.5 Å². The van der Waals surface area contributed by atoms with Crippen molar-refractivity contribution in [3.63, 3.8) is 0 Å². The third-order valence-corrected chi connectivity index (χ3v) is 4.61. The first-order valence-electron chi connectivity index (χ1n) is 8.52. The zero-order valence-electron chi connectivity index (χ0n) is 15.7. The highest BCUT2D eigenvalue weighted by Crippen LogP contribution is 2.11. The van der Waals surface area contributed by atoms with Crippen LogP contribution in [0.25, 0.3) is 5.69 Å². The minimum absolute atomic E-state index is 0. The molecule has 1 aromatic carbocycles. The van der Waals surface area contributed by atoms with Gasteiger partial charge in [-0.1, -0.05) is 18.2 Å². The molecule has 0 aliphatic heterocycles. The SMILES string of the molecule is CCNC(=NCc1nncn1-c1ccccc1)N(C)Cc1csc(C)n1.I. The molecule has 0 aliphatic carbocycles. The molecule has 2 heterocycles. The monoisotopic (exact) mass is 497 g/mol. The Morgan fingerprint density at radius 2 is 2.07 bits per heavy atom. The Kier molecular flexibility index (Phi) is 8.17. The predicted molar refractivity (Wildman–Crippen MR) is 120 cm³/mol. The number of aromatic nitrogens is 4. The number of thiazole rings is 1. The number of para-hydroxylation sites is 1.